The lowest BCUT2D eigenvalue weighted by atomic mass is 10.1. The lowest BCUT2D eigenvalue weighted by Crippen LogP contribution is -3.00. The fraction of sp³-hybridized carbons (Fsp3) is 0.929. The molecule has 18 heavy (non-hydrogen) atoms. The largest absolute Gasteiger partial charge is 1.00 e. The zero-order chi connectivity index (χ0) is 13.1. The summed E-state index contributed by atoms with van der Waals surface area (Å²) < 4.78 is 5.93. The molecule has 0 amide bonds. The molecule has 0 spiro atoms. The Labute approximate surface area is 119 Å². The molecule has 0 unspecified atom stereocenters. The first-order valence-corrected chi connectivity index (χ1v) is 6.93. The molecule has 0 saturated heterocycles. The molecule has 0 aromatic carbocycles. The van der Waals surface area contributed by atoms with Gasteiger partial charge in [0.1, 0.15) is 13.2 Å². The van der Waals surface area contributed by atoms with Crippen LogP contribution in [0.1, 0.15) is 52.4 Å². The monoisotopic (exact) mass is 279 g/mol. The number of likely N-dealkylation sites (N-methyl/N-ethyl adjacent to an activating group) is 1. The zero-order valence-corrected chi connectivity index (χ0v) is 13.3. The molecule has 110 valence electrons. The zero-order valence-electron chi connectivity index (χ0n) is 12.5. The van der Waals surface area contributed by atoms with E-state index in [4.69, 9.17) is 4.74 Å². The average Bonchev–Trinajstić information content (AvgIpc) is 2.22. The second-order valence-electron chi connectivity index (χ2n) is 5.49. The first kappa shape index (κ1) is 20.0. The number of carbonyl (C=O) groups is 1. The Kier molecular flexibility index (Phi) is 13.1. The molecule has 0 N–H and O–H groups in total. The van der Waals surface area contributed by atoms with Crippen LogP contribution in [0.2, 0.25) is 0 Å². The molecule has 0 aromatic rings. The number of hydrogen-bond acceptors (Lipinski definition) is 2. The Morgan fingerprint density at radius 3 is 2.11 bits per heavy atom. The highest BCUT2D eigenvalue weighted by molar-refractivity contribution is 5.65. The predicted molar refractivity (Wildman–Crippen MR) is 71.9 cm³/mol. The van der Waals surface area contributed by atoms with Crippen molar-refractivity contribution in [2.45, 2.75) is 52.4 Å². The van der Waals surface area contributed by atoms with E-state index < -0.39 is 0 Å². The molecule has 0 rings (SSSR count). The van der Waals surface area contributed by atoms with Gasteiger partial charge in [-0.15, -0.1) is 0 Å². The van der Waals surface area contributed by atoms with Crippen LogP contribution in [0.25, 0.3) is 0 Å². The van der Waals surface area contributed by atoms with Crippen LogP contribution in [0.3, 0.4) is 0 Å². The molecule has 0 heterocycles. The third-order valence-electron chi connectivity index (χ3n) is 3.12. The maximum atomic E-state index is 10.7. The van der Waals surface area contributed by atoms with Crippen LogP contribution in [0.15, 0.2) is 0 Å². The topological polar surface area (TPSA) is 26.3 Å². The van der Waals surface area contributed by atoms with E-state index in [-0.39, 0.29) is 18.4 Å². The molecule has 0 aromatic heterocycles. The number of unbranched alkanes of at least 4 members (excludes halogenated alkanes) is 5. The maximum absolute atomic E-state index is 10.7. The first-order chi connectivity index (χ1) is 7.98. The van der Waals surface area contributed by atoms with Gasteiger partial charge in [0.05, 0.1) is 20.6 Å². The quantitative estimate of drug-likeness (QED) is 0.319. The Bertz CT molecular complexity index is 208. The first-order valence-electron chi connectivity index (χ1n) is 6.93. The van der Waals surface area contributed by atoms with Gasteiger partial charge in [-0.1, -0.05) is 32.6 Å². The summed E-state index contributed by atoms with van der Waals surface area (Å²) >= 11 is 0. The molecule has 0 radical (unpaired) electrons. The van der Waals surface area contributed by atoms with Crippen molar-refractivity contribution in [2.24, 2.45) is 0 Å². The van der Waals surface area contributed by atoms with E-state index in [1.54, 1.807) is 0 Å². The summed E-state index contributed by atoms with van der Waals surface area (Å²) in [4.78, 5) is 10.7. The SMILES string of the molecule is CCCCCCCC[N+](C)(C)CCOC(C)=O.[Cl-]. The van der Waals surface area contributed by atoms with Crippen LogP contribution < -0.4 is 12.4 Å². The molecule has 4 heteroatoms. The van der Waals surface area contributed by atoms with E-state index >= 15 is 0 Å². The van der Waals surface area contributed by atoms with Gasteiger partial charge in [-0.2, -0.15) is 0 Å². The van der Waals surface area contributed by atoms with Gasteiger partial charge in [0.15, 0.2) is 0 Å². The highest BCUT2D eigenvalue weighted by atomic mass is 35.5. The van der Waals surface area contributed by atoms with E-state index in [2.05, 4.69) is 21.0 Å². The highest BCUT2D eigenvalue weighted by Crippen LogP contribution is 2.08. The second kappa shape index (κ2) is 11.8. The van der Waals surface area contributed by atoms with E-state index in [9.17, 15) is 4.79 Å². The summed E-state index contributed by atoms with van der Waals surface area (Å²) in [6.07, 6.45) is 8.01. The molecule has 0 bridgehead atoms. The third kappa shape index (κ3) is 13.8. The minimum absolute atomic E-state index is 0. The van der Waals surface area contributed by atoms with Crippen LogP contribution in [0.5, 0.6) is 0 Å². The van der Waals surface area contributed by atoms with Crippen molar-refractivity contribution in [1.82, 2.24) is 0 Å². The normalized spacial score (nSPS) is 10.9. The fourth-order valence-corrected chi connectivity index (χ4v) is 1.87. The lowest BCUT2D eigenvalue weighted by molar-refractivity contribution is -0.890. The van der Waals surface area contributed by atoms with Gasteiger partial charge < -0.3 is 21.6 Å². The van der Waals surface area contributed by atoms with Crippen molar-refractivity contribution >= 4 is 5.97 Å². The van der Waals surface area contributed by atoms with Gasteiger partial charge >= 0.3 is 5.97 Å². The number of halogens is 1. The summed E-state index contributed by atoms with van der Waals surface area (Å²) in [5.74, 6) is -0.176. The average molecular weight is 280 g/mol. The van der Waals surface area contributed by atoms with Crippen molar-refractivity contribution < 1.29 is 26.4 Å². The van der Waals surface area contributed by atoms with Crippen LogP contribution in [0, 0.1) is 0 Å². The molecule has 0 aliphatic carbocycles. The van der Waals surface area contributed by atoms with Crippen molar-refractivity contribution in [3.63, 3.8) is 0 Å². The smallest absolute Gasteiger partial charge is 0.302 e. The number of esters is 1. The van der Waals surface area contributed by atoms with Gasteiger partial charge in [0, 0.05) is 6.92 Å². The molecule has 0 atom stereocenters. The molecule has 0 aliphatic heterocycles. The molecule has 0 fully saturated rings. The van der Waals surface area contributed by atoms with Gasteiger partial charge in [-0.05, 0) is 12.8 Å². The molecule has 0 saturated carbocycles. The standard InChI is InChI=1S/C14H30NO2.ClH/c1-5-6-7-8-9-10-11-15(3,4)12-13-17-14(2)16;/h5-13H2,1-4H3;1H/q+1;/p-1. The van der Waals surface area contributed by atoms with Crippen LogP contribution >= 0.6 is 0 Å². The minimum Gasteiger partial charge on any atom is -1.00 e. The number of rotatable bonds is 10. The Morgan fingerprint density at radius 2 is 1.56 bits per heavy atom. The van der Waals surface area contributed by atoms with Crippen molar-refractivity contribution in [3.05, 3.63) is 0 Å². The number of nitrogens with zero attached hydrogens (tertiary/aromatic N) is 1. The Hall–Kier alpha value is -0.280. The van der Waals surface area contributed by atoms with E-state index in [0.29, 0.717) is 6.61 Å². The van der Waals surface area contributed by atoms with Crippen molar-refractivity contribution in [3.8, 4) is 0 Å². The Balaban J connectivity index is 0. The minimum atomic E-state index is -0.176. The van der Waals surface area contributed by atoms with Gasteiger partial charge in [-0.25, -0.2) is 0 Å². The van der Waals surface area contributed by atoms with Gasteiger partial charge in [0.2, 0.25) is 0 Å². The Morgan fingerprint density at radius 1 is 1.00 bits per heavy atom. The van der Waals surface area contributed by atoms with Crippen molar-refractivity contribution in [1.29, 1.82) is 0 Å². The maximum Gasteiger partial charge on any atom is 0.302 e. The number of quaternary nitrogens is 1. The van der Waals surface area contributed by atoms with Crippen LogP contribution in [-0.2, 0) is 9.53 Å². The number of carbonyl (C=O) groups excluding carboxylic acids is 1. The van der Waals surface area contributed by atoms with E-state index in [1.165, 1.54) is 52.0 Å². The van der Waals surface area contributed by atoms with Crippen LogP contribution in [0.4, 0.5) is 0 Å². The summed E-state index contributed by atoms with van der Waals surface area (Å²) in [6, 6.07) is 0. The molecular weight excluding hydrogens is 250 g/mol. The lowest BCUT2D eigenvalue weighted by Gasteiger charge is -2.29. The summed E-state index contributed by atoms with van der Waals surface area (Å²) in [5, 5.41) is 0. The fourth-order valence-electron chi connectivity index (χ4n) is 1.87. The third-order valence-corrected chi connectivity index (χ3v) is 3.12. The van der Waals surface area contributed by atoms with Crippen LogP contribution in [-0.4, -0.2) is 44.2 Å². The van der Waals surface area contributed by atoms with Crippen molar-refractivity contribution in [2.75, 3.05) is 33.8 Å². The van der Waals surface area contributed by atoms with E-state index in [1.807, 2.05) is 0 Å². The van der Waals surface area contributed by atoms with Gasteiger partial charge in [-0.3, -0.25) is 4.79 Å². The second-order valence-corrected chi connectivity index (χ2v) is 5.49. The molecule has 0 aliphatic rings. The van der Waals surface area contributed by atoms with Gasteiger partial charge in [0.25, 0.3) is 0 Å². The highest BCUT2D eigenvalue weighted by Gasteiger charge is 2.14. The molecule has 3 nitrogen and oxygen atoms in total. The number of hydrogen-bond donors (Lipinski definition) is 0. The summed E-state index contributed by atoms with van der Waals surface area (Å²) in [5.41, 5.74) is 0. The summed E-state index contributed by atoms with van der Waals surface area (Å²) in [6.45, 7) is 6.34. The number of ether oxygens (including phenoxy) is 1. The summed E-state index contributed by atoms with van der Waals surface area (Å²) in [7, 11) is 4.41. The molecular formula is C14H30ClNO2. The predicted octanol–water partition coefficient (Wildman–Crippen LogP) is -0.00960. The van der Waals surface area contributed by atoms with E-state index in [0.717, 1.165) is 11.0 Å².